The van der Waals surface area contributed by atoms with E-state index in [1.54, 1.807) is 67.8 Å². The van der Waals surface area contributed by atoms with Crippen LogP contribution in [0.3, 0.4) is 0 Å². The summed E-state index contributed by atoms with van der Waals surface area (Å²) < 4.78 is 39.4. The van der Waals surface area contributed by atoms with Crippen LogP contribution in [0.4, 0.5) is 0 Å². The molecule has 10 nitrogen and oxygen atoms in total. The fourth-order valence-electron chi connectivity index (χ4n) is 3.92. The molecule has 218 valence electrons. The first-order valence-corrected chi connectivity index (χ1v) is 14.5. The van der Waals surface area contributed by atoms with Gasteiger partial charge < -0.3 is 14.5 Å². The lowest BCUT2D eigenvalue weighted by molar-refractivity contribution is -0.139. The minimum absolute atomic E-state index is 0.0297. The van der Waals surface area contributed by atoms with Gasteiger partial charge in [0.25, 0.3) is 0 Å². The first-order chi connectivity index (χ1) is 20.1. The molecule has 4 aromatic rings. The molecule has 0 atom stereocenters. The van der Waals surface area contributed by atoms with E-state index in [4.69, 9.17) is 9.15 Å². The number of methoxy groups -OCH3 is 1. The molecule has 0 saturated heterocycles. The second-order valence-electron chi connectivity index (χ2n) is 9.61. The molecular weight excluding hydrogens is 556 g/mol. The van der Waals surface area contributed by atoms with E-state index in [0.29, 0.717) is 11.5 Å². The van der Waals surface area contributed by atoms with E-state index < -0.39 is 21.8 Å². The predicted molar refractivity (Wildman–Crippen MR) is 158 cm³/mol. The van der Waals surface area contributed by atoms with Crippen LogP contribution in [0.5, 0.6) is 5.75 Å². The number of aryl methyl sites for hydroxylation is 2. The number of nitrogens with zero attached hydrogens (tertiary/aromatic N) is 2. The molecular formula is C31H32N4O6S. The van der Waals surface area contributed by atoms with Crippen molar-refractivity contribution in [1.82, 2.24) is 15.0 Å². The molecule has 42 heavy (non-hydrogen) atoms. The van der Waals surface area contributed by atoms with E-state index in [-0.39, 0.29) is 30.3 Å². The van der Waals surface area contributed by atoms with Crippen molar-refractivity contribution < 1.29 is 27.2 Å². The highest BCUT2D eigenvalue weighted by Crippen LogP contribution is 2.23. The molecule has 0 aliphatic carbocycles. The second kappa shape index (κ2) is 13.7. The maximum atomic E-state index is 13.6. The summed E-state index contributed by atoms with van der Waals surface area (Å²) in [7, 11) is -2.29. The molecule has 0 fully saturated rings. The zero-order valence-electron chi connectivity index (χ0n) is 23.5. The highest BCUT2D eigenvalue weighted by Gasteiger charge is 2.26. The smallest absolute Gasteiger partial charge is 0.329 e. The highest BCUT2D eigenvalue weighted by molar-refractivity contribution is 7.89. The standard InChI is InChI=1S/C31H32N4O6S/c1-22-4-8-25(9-5-22)20-35(42(38,39)29-16-6-23(2)7-17-29)21-28-15-14-27(41-28)19-33-34-31(37)30(36)32-18-24-10-12-26(40-3)13-11-24/h4-17,19H,18,20-21H2,1-3H3,(H,32,36)(H,34,37)/b33-19+. The lowest BCUT2D eigenvalue weighted by atomic mass is 10.1. The van der Waals surface area contributed by atoms with E-state index in [0.717, 1.165) is 22.3 Å². The summed E-state index contributed by atoms with van der Waals surface area (Å²) in [5.41, 5.74) is 5.81. The van der Waals surface area contributed by atoms with Crippen molar-refractivity contribution in [2.24, 2.45) is 5.10 Å². The third-order valence-electron chi connectivity index (χ3n) is 6.33. The van der Waals surface area contributed by atoms with Gasteiger partial charge in [-0.3, -0.25) is 9.59 Å². The van der Waals surface area contributed by atoms with Crippen LogP contribution in [0.15, 0.2) is 99.3 Å². The van der Waals surface area contributed by atoms with Gasteiger partial charge in [-0.15, -0.1) is 0 Å². The zero-order valence-corrected chi connectivity index (χ0v) is 24.4. The van der Waals surface area contributed by atoms with Crippen molar-refractivity contribution in [2.45, 2.75) is 38.4 Å². The quantitative estimate of drug-likeness (QED) is 0.154. The second-order valence-corrected chi connectivity index (χ2v) is 11.5. The molecule has 0 radical (unpaired) electrons. The van der Waals surface area contributed by atoms with E-state index in [1.807, 2.05) is 38.1 Å². The number of hydrazone groups is 1. The summed E-state index contributed by atoms with van der Waals surface area (Å²) >= 11 is 0. The summed E-state index contributed by atoms with van der Waals surface area (Å²) in [5.74, 6) is -0.462. The van der Waals surface area contributed by atoms with Gasteiger partial charge in [0.2, 0.25) is 10.0 Å². The van der Waals surface area contributed by atoms with Crippen LogP contribution in [0.1, 0.15) is 33.8 Å². The topological polar surface area (TPSA) is 130 Å². The van der Waals surface area contributed by atoms with E-state index >= 15 is 0 Å². The number of ether oxygens (including phenoxy) is 1. The molecule has 2 N–H and O–H groups in total. The lowest BCUT2D eigenvalue weighted by Crippen LogP contribution is -2.37. The monoisotopic (exact) mass is 588 g/mol. The lowest BCUT2D eigenvalue weighted by Gasteiger charge is -2.21. The van der Waals surface area contributed by atoms with E-state index in [2.05, 4.69) is 15.8 Å². The van der Waals surface area contributed by atoms with Crippen molar-refractivity contribution in [2.75, 3.05) is 7.11 Å². The molecule has 11 heteroatoms. The average Bonchev–Trinajstić information content (AvgIpc) is 3.44. The number of sulfonamides is 1. The van der Waals surface area contributed by atoms with Crippen LogP contribution in [0.25, 0.3) is 0 Å². The average molecular weight is 589 g/mol. The summed E-state index contributed by atoms with van der Waals surface area (Å²) in [6.45, 7) is 4.13. The van der Waals surface area contributed by atoms with Gasteiger partial charge in [0.15, 0.2) is 0 Å². The van der Waals surface area contributed by atoms with Crippen molar-refractivity contribution >= 4 is 28.1 Å². The first-order valence-electron chi connectivity index (χ1n) is 13.1. The number of furan rings is 1. The molecule has 0 aliphatic heterocycles. The molecule has 4 rings (SSSR count). The number of carbonyl (C=O) groups is 2. The Labute approximate surface area is 245 Å². The summed E-state index contributed by atoms with van der Waals surface area (Å²) in [6, 6.07) is 24.6. The van der Waals surface area contributed by atoms with Crippen LogP contribution in [0.2, 0.25) is 0 Å². The van der Waals surface area contributed by atoms with Gasteiger partial charge in [0.1, 0.15) is 17.3 Å². The number of benzene rings is 3. The number of nitrogens with one attached hydrogen (secondary N) is 2. The van der Waals surface area contributed by atoms with Crippen LogP contribution >= 0.6 is 0 Å². The highest BCUT2D eigenvalue weighted by atomic mass is 32.2. The zero-order chi connectivity index (χ0) is 30.1. The number of amides is 2. The Kier molecular flexibility index (Phi) is 9.89. The minimum Gasteiger partial charge on any atom is -0.497 e. The van der Waals surface area contributed by atoms with Gasteiger partial charge in [-0.2, -0.15) is 9.41 Å². The predicted octanol–water partition coefficient (Wildman–Crippen LogP) is 4.06. The molecule has 0 unspecified atom stereocenters. The molecule has 1 heterocycles. The van der Waals surface area contributed by atoms with Crippen LogP contribution in [-0.4, -0.2) is 37.9 Å². The van der Waals surface area contributed by atoms with Gasteiger partial charge in [-0.05, 0) is 61.4 Å². The maximum absolute atomic E-state index is 13.6. The Hall–Kier alpha value is -4.74. The SMILES string of the molecule is COc1ccc(CNC(=O)C(=O)N/N=C/c2ccc(CN(Cc3ccc(C)cc3)S(=O)(=O)c3ccc(C)cc3)o2)cc1. The Morgan fingerprint density at radius 2 is 1.45 bits per heavy atom. The molecule has 0 saturated carbocycles. The van der Waals surface area contributed by atoms with Crippen LogP contribution in [-0.2, 0) is 39.2 Å². The third-order valence-corrected chi connectivity index (χ3v) is 8.14. The number of hydrogen-bond acceptors (Lipinski definition) is 7. The Bertz CT molecular complexity index is 1650. The van der Waals surface area contributed by atoms with Crippen LogP contribution < -0.4 is 15.5 Å². The van der Waals surface area contributed by atoms with E-state index in [9.17, 15) is 18.0 Å². The van der Waals surface area contributed by atoms with Crippen LogP contribution in [0, 0.1) is 13.8 Å². The molecule has 0 spiro atoms. The molecule has 0 bridgehead atoms. The van der Waals surface area contributed by atoms with Gasteiger partial charge in [-0.1, -0.05) is 59.7 Å². The molecule has 2 amide bonds. The Morgan fingerprint density at radius 3 is 2.10 bits per heavy atom. The fourth-order valence-corrected chi connectivity index (χ4v) is 5.31. The van der Waals surface area contributed by atoms with Gasteiger partial charge in [-0.25, -0.2) is 13.8 Å². The molecule has 0 aliphatic rings. The number of hydrogen-bond donors (Lipinski definition) is 2. The summed E-state index contributed by atoms with van der Waals surface area (Å²) in [5, 5.41) is 6.30. The van der Waals surface area contributed by atoms with Crippen molar-refractivity contribution in [3.63, 3.8) is 0 Å². The maximum Gasteiger partial charge on any atom is 0.329 e. The van der Waals surface area contributed by atoms with E-state index in [1.165, 1.54) is 10.5 Å². The number of carbonyl (C=O) groups excluding carboxylic acids is 2. The third kappa shape index (κ3) is 8.15. The van der Waals surface area contributed by atoms with Crippen molar-refractivity contribution in [1.29, 1.82) is 0 Å². The van der Waals surface area contributed by atoms with Gasteiger partial charge in [0, 0.05) is 13.1 Å². The molecule has 3 aromatic carbocycles. The van der Waals surface area contributed by atoms with Gasteiger partial charge in [0.05, 0.1) is 24.8 Å². The fraction of sp³-hybridized carbons (Fsp3) is 0.194. The summed E-state index contributed by atoms with van der Waals surface area (Å²) in [6.07, 6.45) is 1.23. The number of rotatable bonds is 11. The Morgan fingerprint density at radius 1 is 0.833 bits per heavy atom. The largest absolute Gasteiger partial charge is 0.497 e. The minimum atomic E-state index is -3.85. The van der Waals surface area contributed by atoms with Crippen molar-refractivity contribution in [3.05, 3.63) is 119 Å². The van der Waals surface area contributed by atoms with Crippen molar-refractivity contribution in [3.8, 4) is 5.75 Å². The van der Waals surface area contributed by atoms with Gasteiger partial charge >= 0.3 is 11.8 Å². The first kappa shape index (κ1) is 30.2. The summed E-state index contributed by atoms with van der Waals surface area (Å²) in [4.78, 5) is 24.4. The molecule has 1 aromatic heterocycles. The Balaban J connectivity index is 1.39. The normalized spacial score (nSPS) is 11.5.